The third-order valence-corrected chi connectivity index (χ3v) is 8.47. The van der Waals surface area contributed by atoms with Crippen molar-refractivity contribution in [1.82, 2.24) is 39.3 Å². The molecule has 348 valence electrons. The fourth-order valence-corrected chi connectivity index (χ4v) is 5.65. The molecule has 2 amide bonds. The van der Waals surface area contributed by atoms with Gasteiger partial charge in [-0.15, -0.1) is 4.68 Å². The summed E-state index contributed by atoms with van der Waals surface area (Å²) in [5.41, 5.74) is -13.7. The summed E-state index contributed by atoms with van der Waals surface area (Å²) < 4.78 is 202. The van der Waals surface area contributed by atoms with Crippen molar-refractivity contribution < 1.29 is 85.0 Å². The fraction of sp³-hybridized carbons (Fsp3) is 0.265. The highest BCUT2D eigenvalue weighted by atomic mass is 35.5. The second kappa shape index (κ2) is 16.8. The summed E-state index contributed by atoms with van der Waals surface area (Å²) in [6, 6.07) is 2.56. The number of pyridine rings is 3. The van der Waals surface area contributed by atoms with Gasteiger partial charge in [0, 0.05) is 0 Å². The molecule has 0 aliphatic heterocycles. The predicted octanol–water partition coefficient (Wildman–Crippen LogP) is 9.92. The maximum atomic E-state index is 14.1. The number of rotatable bonds is 3. The van der Waals surface area contributed by atoms with Gasteiger partial charge in [-0.2, -0.15) is 80.6 Å². The van der Waals surface area contributed by atoms with E-state index >= 15 is 0 Å². The molecule has 65 heavy (non-hydrogen) atoms. The van der Waals surface area contributed by atoms with Crippen LogP contribution in [0.3, 0.4) is 0 Å². The molecule has 1 N–H and O–H groups in total. The van der Waals surface area contributed by atoms with Gasteiger partial charge in [-0.05, 0) is 57.2 Å². The average Bonchev–Trinajstić information content (AvgIpc) is 3.79. The van der Waals surface area contributed by atoms with Crippen LogP contribution in [0.1, 0.15) is 69.7 Å². The zero-order chi connectivity index (χ0) is 49.2. The Bertz CT molecular complexity index is 2840. The molecule has 0 atom stereocenters. The molecule has 0 saturated heterocycles. The molecule has 6 aromatic heterocycles. The van der Waals surface area contributed by atoms with E-state index in [1.165, 1.54) is 20.8 Å². The zero-order valence-electron chi connectivity index (χ0n) is 31.7. The van der Waals surface area contributed by atoms with Crippen molar-refractivity contribution in [3.05, 3.63) is 109 Å². The van der Waals surface area contributed by atoms with E-state index in [-0.39, 0.29) is 28.4 Å². The summed E-state index contributed by atoms with van der Waals surface area (Å²) >= 11 is 11.5. The number of imide groups is 1. The summed E-state index contributed by atoms with van der Waals surface area (Å²) in [5.74, 6) is -5.49. The van der Waals surface area contributed by atoms with Crippen LogP contribution < -0.4 is 10.5 Å². The van der Waals surface area contributed by atoms with Crippen LogP contribution in [0.5, 0.6) is 0 Å². The molecule has 0 radical (unpaired) electrons. The SMILES string of the molecule is CC(C)(C)OC(=O)n1ncc(C(F)(F)F)c1N(C(=O)c1ccc(C(F)(F)F)nc1Cl)C(=O)c1ccc(C(F)(F)F)nc1Cl.O=c1[nH]c2c(C(F)(F)F)cnn2c2nc(C(F)(F)F)ccc12. The van der Waals surface area contributed by atoms with Crippen LogP contribution in [0.25, 0.3) is 16.7 Å². The monoisotopic (exact) mass is 987 g/mol. The third kappa shape index (κ3) is 10.6. The summed E-state index contributed by atoms with van der Waals surface area (Å²) in [7, 11) is 0. The Kier molecular flexibility index (Phi) is 12.8. The topological polar surface area (TPSA) is 170 Å². The van der Waals surface area contributed by atoms with Gasteiger partial charge in [0.1, 0.15) is 44.1 Å². The Morgan fingerprint density at radius 2 is 1.05 bits per heavy atom. The Hall–Kier alpha value is -6.52. The van der Waals surface area contributed by atoms with E-state index < -0.39 is 132 Å². The van der Waals surface area contributed by atoms with Gasteiger partial charge in [-0.25, -0.2) is 24.6 Å². The first-order chi connectivity index (χ1) is 29.5. The fourth-order valence-electron chi connectivity index (χ4n) is 5.18. The number of nitrogens with one attached hydrogen (secondary N) is 1. The first-order valence-corrected chi connectivity index (χ1v) is 17.6. The highest BCUT2D eigenvalue weighted by Gasteiger charge is 2.45. The van der Waals surface area contributed by atoms with Crippen molar-refractivity contribution in [2.24, 2.45) is 0 Å². The highest BCUT2D eigenvalue weighted by Crippen LogP contribution is 2.40. The van der Waals surface area contributed by atoms with Crippen molar-refractivity contribution >= 4 is 63.6 Å². The Morgan fingerprint density at radius 3 is 1.46 bits per heavy atom. The lowest BCUT2D eigenvalue weighted by atomic mass is 10.1. The molecule has 6 heterocycles. The molecule has 0 aliphatic rings. The van der Waals surface area contributed by atoms with Gasteiger partial charge in [0.2, 0.25) is 0 Å². The molecule has 14 nitrogen and oxygen atoms in total. The molecule has 0 aliphatic carbocycles. The highest BCUT2D eigenvalue weighted by molar-refractivity contribution is 6.38. The average molecular weight is 988 g/mol. The molecule has 0 bridgehead atoms. The van der Waals surface area contributed by atoms with Crippen LogP contribution in [-0.2, 0) is 35.6 Å². The minimum Gasteiger partial charge on any atom is -0.442 e. The number of carbonyl (C=O) groups is 3. The number of hydrogen-bond acceptors (Lipinski definition) is 10. The van der Waals surface area contributed by atoms with Crippen molar-refractivity contribution in [2.45, 2.75) is 57.3 Å². The Balaban J connectivity index is 0.000000299. The lowest BCUT2D eigenvalue weighted by Crippen LogP contribution is -2.42. The maximum absolute atomic E-state index is 14.1. The molecule has 6 rings (SSSR count). The van der Waals surface area contributed by atoms with Gasteiger partial charge in [0.05, 0.1) is 28.9 Å². The van der Waals surface area contributed by atoms with Crippen LogP contribution in [-0.4, -0.2) is 62.8 Å². The van der Waals surface area contributed by atoms with Crippen LogP contribution in [0.4, 0.5) is 76.5 Å². The van der Waals surface area contributed by atoms with E-state index in [9.17, 15) is 85.0 Å². The molecule has 0 fully saturated rings. The number of amides is 2. The summed E-state index contributed by atoms with van der Waals surface area (Å²) in [6.45, 7) is 3.90. The molecule has 0 saturated carbocycles. The number of nitrogens with zero attached hydrogens (tertiary/aromatic N) is 8. The molecule has 6 aromatic rings. The molecule has 0 unspecified atom stereocenters. The Morgan fingerprint density at radius 1 is 0.615 bits per heavy atom. The van der Waals surface area contributed by atoms with Crippen LogP contribution in [0.2, 0.25) is 10.3 Å². The summed E-state index contributed by atoms with van der Waals surface area (Å²) in [5, 5.41) is 3.84. The smallest absolute Gasteiger partial charge is 0.437 e. The number of alkyl halides is 15. The molecule has 31 heteroatoms. The van der Waals surface area contributed by atoms with E-state index in [1.54, 1.807) is 0 Å². The van der Waals surface area contributed by atoms with E-state index in [0.29, 0.717) is 28.9 Å². The third-order valence-electron chi connectivity index (χ3n) is 7.89. The standard InChI is InChI=1S/C23H14Cl2F9N5O4.C11H4F6N4O/c1-20(2,3)43-19(42)39-16(11(8-35-39)21(26,27)28)38(17(40)9-4-6-12(22(29,30)31)36-14(9)24)18(41)10-5-7-13(23(32,33)34)37-15(10)25;12-10(13,14)5-3-18-21-7-4(9(22)20-8(5)21)1-2-6(19-7)11(15,16)17/h4-8H,1-3H3;1-3H,(H,20,22). The minimum atomic E-state index is -5.46. The Labute approximate surface area is 358 Å². The van der Waals surface area contributed by atoms with Crippen LogP contribution in [0, 0.1) is 0 Å². The number of aromatic nitrogens is 8. The number of aromatic amines is 1. The van der Waals surface area contributed by atoms with E-state index in [2.05, 4.69) is 25.1 Å². The molecular formula is C34H18Cl2F15N9O5. The first kappa shape index (κ1) is 49.5. The molecule has 0 aromatic carbocycles. The van der Waals surface area contributed by atoms with Gasteiger partial charge >= 0.3 is 37.0 Å². The largest absolute Gasteiger partial charge is 0.442 e. The quantitative estimate of drug-likeness (QED) is 0.102. The normalized spacial score (nSPS) is 12.9. The van der Waals surface area contributed by atoms with Gasteiger partial charge in [0.25, 0.3) is 17.4 Å². The lowest BCUT2D eigenvalue weighted by Gasteiger charge is -2.25. The number of fused-ring (bicyclic) bond motifs is 3. The van der Waals surface area contributed by atoms with Crippen molar-refractivity contribution in [2.75, 3.05) is 4.90 Å². The number of carbonyl (C=O) groups excluding carboxylic acids is 3. The summed E-state index contributed by atoms with van der Waals surface area (Å²) in [6.07, 6.45) is -26.5. The second-order valence-corrected chi connectivity index (χ2v) is 14.3. The van der Waals surface area contributed by atoms with Crippen LogP contribution >= 0.6 is 23.2 Å². The molecule has 0 spiro atoms. The van der Waals surface area contributed by atoms with Gasteiger partial charge in [-0.3, -0.25) is 14.4 Å². The number of hydrogen-bond donors (Lipinski definition) is 1. The second-order valence-electron chi connectivity index (χ2n) is 13.6. The van der Waals surface area contributed by atoms with E-state index in [0.717, 1.165) is 6.07 Å². The van der Waals surface area contributed by atoms with E-state index in [4.69, 9.17) is 27.9 Å². The van der Waals surface area contributed by atoms with Gasteiger partial charge in [0.15, 0.2) is 17.1 Å². The van der Waals surface area contributed by atoms with Gasteiger partial charge < -0.3 is 9.72 Å². The summed E-state index contributed by atoms with van der Waals surface area (Å²) in [4.78, 5) is 62.5. The number of ether oxygens (including phenoxy) is 1. The number of anilines is 1. The molecular weight excluding hydrogens is 970 g/mol. The van der Waals surface area contributed by atoms with Crippen LogP contribution in [0.15, 0.2) is 53.6 Å². The number of H-pyrrole nitrogens is 1. The minimum absolute atomic E-state index is 0.0199. The van der Waals surface area contributed by atoms with Gasteiger partial charge in [-0.1, -0.05) is 23.2 Å². The predicted molar refractivity (Wildman–Crippen MR) is 190 cm³/mol. The van der Waals surface area contributed by atoms with Crippen molar-refractivity contribution in [1.29, 1.82) is 0 Å². The van der Waals surface area contributed by atoms with Crippen molar-refractivity contribution in [3.63, 3.8) is 0 Å². The zero-order valence-corrected chi connectivity index (χ0v) is 33.2. The lowest BCUT2D eigenvalue weighted by molar-refractivity contribution is -0.141. The van der Waals surface area contributed by atoms with Crippen molar-refractivity contribution in [3.8, 4) is 0 Å². The first-order valence-electron chi connectivity index (χ1n) is 16.8. The number of halogens is 17. The van der Waals surface area contributed by atoms with E-state index in [1.807, 2.05) is 4.98 Å². The maximum Gasteiger partial charge on any atom is 0.437 e.